The molecule has 1 aromatic carbocycles. The largest absolute Gasteiger partial charge is 0.341 e. The fourth-order valence-corrected chi connectivity index (χ4v) is 3.04. The predicted octanol–water partition coefficient (Wildman–Crippen LogP) is 2.35. The van der Waals surface area contributed by atoms with Crippen LogP contribution in [0.15, 0.2) is 42.4 Å². The second-order valence-corrected chi connectivity index (χ2v) is 6.19. The molecule has 0 aliphatic heterocycles. The Kier molecular flexibility index (Phi) is 4.47. The fraction of sp³-hybridized carbons (Fsp3) is 0.250. The summed E-state index contributed by atoms with van der Waals surface area (Å²) in [5.74, 6) is 0.0162. The number of nitrogens with zero attached hydrogens (tertiary/aromatic N) is 5. The normalized spacial score (nSPS) is 10.7. The summed E-state index contributed by atoms with van der Waals surface area (Å²) in [6, 6.07) is 7.42. The van der Waals surface area contributed by atoms with E-state index in [0.717, 1.165) is 17.8 Å². The molecule has 0 N–H and O–H groups in total. The van der Waals surface area contributed by atoms with E-state index in [1.165, 1.54) is 4.88 Å². The average Bonchev–Trinajstić information content (AvgIpc) is 3.24. The zero-order valence-electron chi connectivity index (χ0n) is 13.0. The minimum atomic E-state index is 0.0162. The lowest BCUT2D eigenvalue weighted by Gasteiger charge is -2.17. The van der Waals surface area contributed by atoms with Gasteiger partial charge in [0, 0.05) is 36.1 Å². The Balaban J connectivity index is 1.64. The van der Waals surface area contributed by atoms with E-state index in [1.54, 1.807) is 33.5 Å². The molecule has 0 saturated heterocycles. The van der Waals surface area contributed by atoms with Gasteiger partial charge in [-0.3, -0.25) is 9.36 Å². The van der Waals surface area contributed by atoms with Gasteiger partial charge < -0.3 is 4.90 Å². The van der Waals surface area contributed by atoms with E-state index >= 15 is 0 Å². The van der Waals surface area contributed by atoms with Gasteiger partial charge in [-0.05, 0) is 31.2 Å². The van der Waals surface area contributed by atoms with Crippen LogP contribution < -0.4 is 0 Å². The van der Waals surface area contributed by atoms with Gasteiger partial charge in [-0.15, -0.1) is 21.5 Å². The van der Waals surface area contributed by atoms with E-state index in [0.29, 0.717) is 12.1 Å². The molecule has 0 aliphatic rings. The summed E-state index contributed by atoms with van der Waals surface area (Å²) in [7, 11) is 1.83. The number of amides is 1. The number of carbonyl (C=O) groups is 1. The Morgan fingerprint density at radius 2 is 1.91 bits per heavy atom. The van der Waals surface area contributed by atoms with E-state index in [-0.39, 0.29) is 5.91 Å². The van der Waals surface area contributed by atoms with Crippen molar-refractivity contribution in [1.29, 1.82) is 0 Å². The van der Waals surface area contributed by atoms with Crippen LogP contribution in [-0.4, -0.2) is 44.1 Å². The number of carbonyl (C=O) groups excluding carboxylic acids is 1. The molecule has 0 spiro atoms. The first-order valence-corrected chi connectivity index (χ1v) is 8.12. The summed E-state index contributed by atoms with van der Waals surface area (Å²) in [6.07, 6.45) is 4.08. The van der Waals surface area contributed by atoms with Crippen molar-refractivity contribution in [3.8, 4) is 5.69 Å². The molecule has 3 aromatic rings. The second-order valence-electron chi connectivity index (χ2n) is 5.25. The van der Waals surface area contributed by atoms with Gasteiger partial charge in [0.2, 0.25) is 0 Å². The Hall–Kier alpha value is -2.54. The van der Waals surface area contributed by atoms with Gasteiger partial charge in [0.1, 0.15) is 12.7 Å². The number of thiazole rings is 1. The molecule has 7 heteroatoms. The number of benzene rings is 1. The van der Waals surface area contributed by atoms with Gasteiger partial charge in [-0.1, -0.05) is 0 Å². The lowest BCUT2D eigenvalue weighted by atomic mass is 10.1. The van der Waals surface area contributed by atoms with Crippen LogP contribution >= 0.6 is 11.3 Å². The van der Waals surface area contributed by atoms with Crippen LogP contribution in [0.4, 0.5) is 0 Å². The molecule has 2 aromatic heterocycles. The quantitative estimate of drug-likeness (QED) is 0.721. The molecule has 1 amide bonds. The van der Waals surface area contributed by atoms with Gasteiger partial charge >= 0.3 is 0 Å². The molecule has 23 heavy (non-hydrogen) atoms. The molecule has 0 atom stereocenters. The summed E-state index contributed by atoms with van der Waals surface area (Å²) in [5, 5.41) is 7.55. The maximum atomic E-state index is 12.5. The fourth-order valence-electron chi connectivity index (χ4n) is 2.27. The summed E-state index contributed by atoms with van der Waals surface area (Å²) in [6.45, 7) is 2.67. The van der Waals surface area contributed by atoms with Gasteiger partial charge in [0.05, 0.1) is 11.2 Å². The lowest BCUT2D eigenvalue weighted by Crippen LogP contribution is -2.28. The molecule has 0 radical (unpaired) electrons. The van der Waals surface area contributed by atoms with Crippen molar-refractivity contribution >= 4 is 17.2 Å². The minimum absolute atomic E-state index is 0.0162. The monoisotopic (exact) mass is 327 g/mol. The second kappa shape index (κ2) is 6.70. The average molecular weight is 327 g/mol. The molecule has 6 nitrogen and oxygen atoms in total. The number of hydrogen-bond donors (Lipinski definition) is 0. The van der Waals surface area contributed by atoms with Crippen LogP contribution in [0.1, 0.15) is 20.9 Å². The highest BCUT2D eigenvalue weighted by atomic mass is 32.1. The third kappa shape index (κ3) is 3.45. The van der Waals surface area contributed by atoms with Crippen LogP contribution in [0.2, 0.25) is 0 Å². The highest BCUT2D eigenvalue weighted by Gasteiger charge is 2.12. The van der Waals surface area contributed by atoms with Gasteiger partial charge in [0.25, 0.3) is 5.91 Å². The van der Waals surface area contributed by atoms with Gasteiger partial charge in [-0.25, -0.2) is 4.98 Å². The third-order valence-electron chi connectivity index (χ3n) is 3.70. The highest BCUT2D eigenvalue weighted by molar-refractivity contribution is 7.09. The SMILES string of the molecule is Cc1ncsc1CCN(C)C(=O)c1ccc(-n2cnnc2)cc1. The number of aromatic nitrogens is 4. The van der Waals surface area contributed by atoms with E-state index in [2.05, 4.69) is 15.2 Å². The van der Waals surface area contributed by atoms with Crippen molar-refractivity contribution in [2.24, 2.45) is 0 Å². The highest BCUT2D eigenvalue weighted by Crippen LogP contribution is 2.14. The first kappa shape index (κ1) is 15.4. The Morgan fingerprint density at radius 1 is 1.22 bits per heavy atom. The topological polar surface area (TPSA) is 63.9 Å². The van der Waals surface area contributed by atoms with E-state index in [9.17, 15) is 4.79 Å². The number of likely N-dealkylation sites (N-methyl/N-ethyl adjacent to an activating group) is 1. The first-order chi connectivity index (χ1) is 11.1. The molecular formula is C16H17N5OS. The van der Waals surface area contributed by atoms with E-state index in [1.807, 2.05) is 43.7 Å². The molecule has 0 saturated carbocycles. The molecule has 3 rings (SSSR count). The minimum Gasteiger partial charge on any atom is -0.341 e. The molecule has 2 heterocycles. The van der Waals surface area contributed by atoms with Crippen LogP contribution in [-0.2, 0) is 6.42 Å². The zero-order chi connectivity index (χ0) is 16.2. The standard InChI is InChI=1S/C16H17N5OS/c1-12-15(23-11-17-12)7-8-20(2)16(22)13-3-5-14(6-4-13)21-9-18-19-10-21/h3-6,9-11H,7-8H2,1-2H3. The summed E-state index contributed by atoms with van der Waals surface area (Å²) in [4.78, 5) is 19.7. The summed E-state index contributed by atoms with van der Waals surface area (Å²) >= 11 is 1.64. The Bertz CT molecular complexity index is 779. The van der Waals surface area contributed by atoms with Crippen LogP contribution in [0.3, 0.4) is 0 Å². The third-order valence-corrected chi connectivity index (χ3v) is 4.69. The predicted molar refractivity (Wildman–Crippen MR) is 88.9 cm³/mol. The number of aryl methyl sites for hydroxylation is 1. The van der Waals surface area contributed by atoms with Crippen molar-refractivity contribution in [3.63, 3.8) is 0 Å². The van der Waals surface area contributed by atoms with Gasteiger partial charge in [0.15, 0.2) is 0 Å². The Labute approximate surface area is 138 Å². The molecule has 118 valence electrons. The molecule has 0 fully saturated rings. The van der Waals surface area contributed by atoms with Crippen LogP contribution in [0.25, 0.3) is 5.69 Å². The van der Waals surface area contributed by atoms with Crippen LogP contribution in [0.5, 0.6) is 0 Å². The first-order valence-electron chi connectivity index (χ1n) is 7.24. The Morgan fingerprint density at radius 3 is 2.52 bits per heavy atom. The maximum Gasteiger partial charge on any atom is 0.253 e. The van der Waals surface area contributed by atoms with Crippen LogP contribution in [0, 0.1) is 6.92 Å². The summed E-state index contributed by atoms with van der Waals surface area (Å²) < 4.78 is 1.80. The van der Waals surface area contributed by atoms with E-state index < -0.39 is 0 Å². The van der Waals surface area contributed by atoms with Crippen molar-refractivity contribution in [2.75, 3.05) is 13.6 Å². The lowest BCUT2D eigenvalue weighted by molar-refractivity contribution is 0.0797. The van der Waals surface area contributed by atoms with Crippen molar-refractivity contribution < 1.29 is 4.79 Å². The summed E-state index contributed by atoms with van der Waals surface area (Å²) in [5.41, 5.74) is 4.49. The van der Waals surface area contributed by atoms with Crippen molar-refractivity contribution in [3.05, 3.63) is 58.6 Å². The number of rotatable bonds is 5. The zero-order valence-corrected chi connectivity index (χ0v) is 13.8. The molecule has 0 aliphatic carbocycles. The smallest absolute Gasteiger partial charge is 0.253 e. The van der Waals surface area contributed by atoms with E-state index in [4.69, 9.17) is 0 Å². The van der Waals surface area contributed by atoms with Crippen molar-refractivity contribution in [2.45, 2.75) is 13.3 Å². The molecule has 0 unspecified atom stereocenters. The molecule has 0 bridgehead atoms. The number of hydrogen-bond acceptors (Lipinski definition) is 5. The van der Waals surface area contributed by atoms with Gasteiger partial charge in [-0.2, -0.15) is 0 Å². The molecular weight excluding hydrogens is 310 g/mol. The van der Waals surface area contributed by atoms with Crippen molar-refractivity contribution in [1.82, 2.24) is 24.6 Å². The maximum absolute atomic E-state index is 12.5.